The summed E-state index contributed by atoms with van der Waals surface area (Å²) >= 11 is 11.6. The van der Waals surface area contributed by atoms with Crippen molar-refractivity contribution < 1.29 is 22.5 Å². The molecule has 0 amide bonds. The van der Waals surface area contributed by atoms with E-state index < -0.39 is 16.1 Å². The molecule has 2 aromatic rings. The Balaban J connectivity index is 2.45. The molecule has 0 bridgehead atoms. The Hall–Kier alpha value is -1.76. The van der Waals surface area contributed by atoms with E-state index in [1.54, 1.807) is 6.92 Å². The standard InChI is InChI=1S/C14H10Cl2O5S/c1-8-2-4-10(7-11(8)14(17)18)22(19,20)21-13-6-9(15)3-5-12(13)16/h2-7H,1H3,(H,17,18). The van der Waals surface area contributed by atoms with Crippen LogP contribution in [0.15, 0.2) is 41.3 Å². The predicted octanol–water partition coefficient (Wildman–Crippen LogP) is 3.77. The van der Waals surface area contributed by atoms with Crippen LogP contribution < -0.4 is 4.18 Å². The van der Waals surface area contributed by atoms with Crippen molar-refractivity contribution in [2.75, 3.05) is 0 Å². The molecule has 0 atom stereocenters. The second kappa shape index (κ2) is 6.16. The highest BCUT2D eigenvalue weighted by molar-refractivity contribution is 7.87. The number of aromatic carboxylic acids is 1. The van der Waals surface area contributed by atoms with Crippen molar-refractivity contribution in [3.8, 4) is 5.75 Å². The summed E-state index contributed by atoms with van der Waals surface area (Å²) in [6.07, 6.45) is 0. The van der Waals surface area contributed by atoms with Crippen molar-refractivity contribution in [3.05, 3.63) is 57.6 Å². The van der Waals surface area contributed by atoms with Crippen molar-refractivity contribution >= 4 is 39.3 Å². The third-order valence-electron chi connectivity index (χ3n) is 2.82. The van der Waals surface area contributed by atoms with E-state index in [0.717, 1.165) is 6.07 Å². The fourth-order valence-electron chi connectivity index (χ4n) is 1.69. The molecule has 116 valence electrons. The highest BCUT2D eigenvalue weighted by atomic mass is 35.5. The molecule has 22 heavy (non-hydrogen) atoms. The van der Waals surface area contributed by atoms with Crippen LogP contribution >= 0.6 is 23.2 Å². The maximum Gasteiger partial charge on any atom is 0.339 e. The number of aryl methyl sites for hydroxylation is 1. The zero-order valence-corrected chi connectivity index (χ0v) is 13.5. The van der Waals surface area contributed by atoms with Gasteiger partial charge in [-0.05, 0) is 36.8 Å². The number of rotatable bonds is 4. The summed E-state index contributed by atoms with van der Waals surface area (Å²) in [5.41, 5.74) is 0.314. The number of halogens is 2. The van der Waals surface area contributed by atoms with Crippen LogP contribution in [0.1, 0.15) is 15.9 Å². The van der Waals surface area contributed by atoms with Gasteiger partial charge < -0.3 is 9.29 Å². The quantitative estimate of drug-likeness (QED) is 0.839. The first kappa shape index (κ1) is 16.6. The van der Waals surface area contributed by atoms with Crippen molar-refractivity contribution in [3.63, 3.8) is 0 Å². The van der Waals surface area contributed by atoms with Gasteiger partial charge in [0.1, 0.15) is 4.90 Å². The minimum absolute atomic E-state index is 0.0681. The van der Waals surface area contributed by atoms with E-state index >= 15 is 0 Å². The van der Waals surface area contributed by atoms with E-state index in [2.05, 4.69) is 0 Å². The van der Waals surface area contributed by atoms with Gasteiger partial charge in [-0.1, -0.05) is 29.3 Å². The largest absolute Gasteiger partial charge is 0.478 e. The molecule has 1 N–H and O–H groups in total. The molecule has 0 radical (unpaired) electrons. The van der Waals surface area contributed by atoms with Gasteiger partial charge in [0.25, 0.3) is 0 Å². The highest BCUT2D eigenvalue weighted by Gasteiger charge is 2.21. The SMILES string of the molecule is Cc1ccc(S(=O)(=O)Oc2cc(Cl)ccc2Cl)cc1C(=O)O. The first-order valence-electron chi connectivity index (χ1n) is 5.94. The van der Waals surface area contributed by atoms with Gasteiger partial charge in [0.15, 0.2) is 5.75 Å². The first-order chi connectivity index (χ1) is 10.2. The molecule has 0 fully saturated rings. The molecule has 0 aromatic heterocycles. The van der Waals surface area contributed by atoms with Gasteiger partial charge in [0.2, 0.25) is 0 Å². The van der Waals surface area contributed by atoms with E-state index in [-0.39, 0.29) is 26.3 Å². The summed E-state index contributed by atoms with van der Waals surface area (Å²) in [7, 11) is -4.23. The Morgan fingerprint density at radius 2 is 1.82 bits per heavy atom. The predicted molar refractivity (Wildman–Crippen MR) is 82.4 cm³/mol. The molecule has 0 unspecified atom stereocenters. The first-order valence-corrected chi connectivity index (χ1v) is 8.10. The van der Waals surface area contributed by atoms with E-state index in [1.165, 1.54) is 30.3 Å². The molecule has 0 spiro atoms. The Kier molecular flexibility index (Phi) is 4.65. The highest BCUT2D eigenvalue weighted by Crippen LogP contribution is 2.30. The number of benzene rings is 2. The monoisotopic (exact) mass is 360 g/mol. The average Bonchev–Trinajstić information content (AvgIpc) is 2.42. The zero-order valence-electron chi connectivity index (χ0n) is 11.2. The van der Waals surface area contributed by atoms with E-state index in [0.29, 0.717) is 5.56 Å². The number of hydrogen-bond donors (Lipinski definition) is 1. The summed E-state index contributed by atoms with van der Waals surface area (Å²) in [6.45, 7) is 1.56. The van der Waals surface area contributed by atoms with Gasteiger partial charge in [0, 0.05) is 11.1 Å². The Morgan fingerprint density at radius 1 is 1.14 bits per heavy atom. The molecule has 0 aliphatic rings. The van der Waals surface area contributed by atoms with E-state index in [9.17, 15) is 13.2 Å². The maximum atomic E-state index is 12.2. The fourth-order valence-corrected chi connectivity index (χ4v) is 3.03. The molecule has 2 rings (SSSR count). The van der Waals surface area contributed by atoms with Crippen LogP contribution in [0.5, 0.6) is 5.75 Å². The molecule has 2 aromatic carbocycles. The van der Waals surface area contributed by atoms with Crippen molar-refractivity contribution in [1.82, 2.24) is 0 Å². The van der Waals surface area contributed by atoms with Crippen molar-refractivity contribution in [1.29, 1.82) is 0 Å². The van der Waals surface area contributed by atoms with Gasteiger partial charge in [-0.2, -0.15) is 8.42 Å². The number of carbonyl (C=O) groups is 1. The maximum absolute atomic E-state index is 12.2. The average molecular weight is 361 g/mol. The molecular weight excluding hydrogens is 351 g/mol. The van der Waals surface area contributed by atoms with Crippen LogP contribution in [0.2, 0.25) is 10.0 Å². The van der Waals surface area contributed by atoms with Gasteiger partial charge in [-0.15, -0.1) is 0 Å². The second-order valence-corrected chi connectivity index (χ2v) is 6.78. The summed E-state index contributed by atoms with van der Waals surface area (Å²) in [5, 5.41) is 9.37. The Labute approximate surface area is 137 Å². The third kappa shape index (κ3) is 3.52. The van der Waals surface area contributed by atoms with Gasteiger partial charge >= 0.3 is 16.1 Å². The summed E-state index contributed by atoms with van der Waals surface area (Å²) < 4.78 is 29.4. The Bertz CT molecular complexity index is 846. The third-order valence-corrected chi connectivity index (χ3v) is 4.60. The fraction of sp³-hybridized carbons (Fsp3) is 0.0714. The summed E-state index contributed by atoms with van der Waals surface area (Å²) in [6, 6.07) is 7.82. The summed E-state index contributed by atoms with van der Waals surface area (Å²) in [4.78, 5) is 10.8. The molecule has 5 nitrogen and oxygen atoms in total. The minimum atomic E-state index is -4.23. The number of hydrogen-bond acceptors (Lipinski definition) is 4. The van der Waals surface area contributed by atoms with Crippen LogP contribution in [0.25, 0.3) is 0 Å². The molecule has 8 heteroatoms. The number of carboxylic acids is 1. The minimum Gasteiger partial charge on any atom is -0.478 e. The van der Waals surface area contributed by atoms with Gasteiger partial charge in [0.05, 0.1) is 10.6 Å². The topological polar surface area (TPSA) is 80.7 Å². The van der Waals surface area contributed by atoms with Crippen LogP contribution in [0.4, 0.5) is 0 Å². The van der Waals surface area contributed by atoms with Crippen LogP contribution in [-0.2, 0) is 10.1 Å². The number of carboxylic acid groups (broad SMARTS) is 1. The van der Waals surface area contributed by atoms with Crippen LogP contribution in [-0.4, -0.2) is 19.5 Å². The lowest BCUT2D eigenvalue weighted by Gasteiger charge is -2.10. The van der Waals surface area contributed by atoms with Gasteiger partial charge in [-0.25, -0.2) is 4.79 Å². The smallest absolute Gasteiger partial charge is 0.339 e. The van der Waals surface area contributed by atoms with Crippen molar-refractivity contribution in [2.24, 2.45) is 0 Å². The van der Waals surface area contributed by atoms with Crippen LogP contribution in [0, 0.1) is 6.92 Å². The van der Waals surface area contributed by atoms with E-state index in [4.69, 9.17) is 32.5 Å². The summed E-state index contributed by atoms with van der Waals surface area (Å²) in [5.74, 6) is -1.36. The zero-order chi connectivity index (χ0) is 16.5. The molecule has 0 aliphatic heterocycles. The molecular formula is C14H10Cl2O5S. The lowest BCUT2D eigenvalue weighted by atomic mass is 10.1. The second-order valence-electron chi connectivity index (χ2n) is 4.39. The molecule has 0 aliphatic carbocycles. The Morgan fingerprint density at radius 3 is 2.45 bits per heavy atom. The molecule has 0 saturated carbocycles. The molecule has 0 saturated heterocycles. The lowest BCUT2D eigenvalue weighted by Crippen LogP contribution is -2.12. The van der Waals surface area contributed by atoms with Crippen LogP contribution in [0.3, 0.4) is 0 Å². The van der Waals surface area contributed by atoms with Crippen molar-refractivity contribution in [2.45, 2.75) is 11.8 Å². The lowest BCUT2D eigenvalue weighted by molar-refractivity contribution is 0.0696. The van der Waals surface area contributed by atoms with E-state index in [1.807, 2.05) is 0 Å². The molecule has 0 heterocycles. The normalized spacial score (nSPS) is 11.2. The van der Waals surface area contributed by atoms with Gasteiger partial charge in [-0.3, -0.25) is 0 Å².